The van der Waals surface area contributed by atoms with E-state index >= 15 is 0 Å². The maximum absolute atomic E-state index is 14.0. The molecule has 6 rings (SSSR count). The topological polar surface area (TPSA) is 55.8 Å². The van der Waals surface area contributed by atoms with Crippen molar-refractivity contribution in [1.82, 2.24) is 0 Å². The quantitative estimate of drug-likeness (QED) is 0.589. The first-order valence-corrected chi connectivity index (χ1v) is 13.2. The van der Waals surface area contributed by atoms with Crippen LogP contribution in [0.3, 0.4) is 0 Å². The number of ketones is 1. The summed E-state index contributed by atoms with van der Waals surface area (Å²) in [7, 11) is 0. The number of carbonyl (C=O) groups excluding carboxylic acids is 1. The van der Waals surface area contributed by atoms with Gasteiger partial charge in [0.1, 0.15) is 5.78 Å². The summed E-state index contributed by atoms with van der Waals surface area (Å²) in [6.07, 6.45) is 9.39. The molecule has 6 fully saturated rings. The summed E-state index contributed by atoms with van der Waals surface area (Å²) in [4.78, 5) is 14.0. The lowest BCUT2D eigenvalue weighted by molar-refractivity contribution is -0.272. The zero-order chi connectivity index (χ0) is 21.8. The van der Waals surface area contributed by atoms with Gasteiger partial charge in [0.2, 0.25) is 0 Å². The predicted molar refractivity (Wildman–Crippen MR) is 118 cm³/mol. The summed E-state index contributed by atoms with van der Waals surface area (Å²) >= 11 is 0. The molecule has 4 nitrogen and oxygen atoms in total. The number of Topliss-reactive ketones (excluding diaryl/α,β-unsaturated/α-hetero) is 1. The Kier molecular flexibility index (Phi) is 4.62. The first kappa shape index (κ1) is 21.1. The van der Waals surface area contributed by atoms with Crippen LogP contribution in [0.25, 0.3) is 0 Å². The van der Waals surface area contributed by atoms with E-state index in [9.17, 15) is 9.90 Å². The minimum Gasteiger partial charge on any atom is -0.393 e. The highest BCUT2D eigenvalue weighted by atomic mass is 16.7. The van der Waals surface area contributed by atoms with Crippen LogP contribution in [-0.2, 0) is 14.3 Å². The van der Waals surface area contributed by atoms with E-state index in [-0.39, 0.29) is 29.0 Å². The largest absolute Gasteiger partial charge is 0.393 e. The van der Waals surface area contributed by atoms with Crippen molar-refractivity contribution in [3.63, 3.8) is 0 Å². The van der Waals surface area contributed by atoms with Crippen LogP contribution in [-0.4, -0.2) is 35.5 Å². The molecule has 2 saturated heterocycles. The highest BCUT2D eigenvalue weighted by Crippen LogP contribution is 2.70. The van der Waals surface area contributed by atoms with Crippen LogP contribution in [0, 0.1) is 52.3 Å². The molecule has 0 bridgehead atoms. The van der Waals surface area contributed by atoms with Crippen molar-refractivity contribution < 1.29 is 19.4 Å². The average Bonchev–Trinajstić information content (AvgIpc) is 3.18. The van der Waals surface area contributed by atoms with Crippen molar-refractivity contribution in [3.8, 4) is 0 Å². The van der Waals surface area contributed by atoms with Gasteiger partial charge in [-0.2, -0.15) is 0 Å². The van der Waals surface area contributed by atoms with Crippen molar-refractivity contribution in [1.29, 1.82) is 0 Å². The van der Waals surface area contributed by atoms with Crippen LogP contribution < -0.4 is 0 Å². The van der Waals surface area contributed by atoms with Gasteiger partial charge >= 0.3 is 0 Å². The number of rotatable bonds is 0. The van der Waals surface area contributed by atoms with Gasteiger partial charge in [-0.15, -0.1) is 0 Å². The van der Waals surface area contributed by atoms with E-state index in [4.69, 9.17) is 9.47 Å². The molecule has 6 aliphatic rings. The highest BCUT2D eigenvalue weighted by Gasteiger charge is 2.71. The van der Waals surface area contributed by atoms with Crippen LogP contribution in [0.2, 0.25) is 0 Å². The van der Waals surface area contributed by atoms with E-state index in [1.54, 1.807) is 0 Å². The number of ether oxygens (including phenoxy) is 2. The summed E-state index contributed by atoms with van der Waals surface area (Å²) in [6.45, 7) is 10.1. The van der Waals surface area contributed by atoms with Crippen LogP contribution >= 0.6 is 0 Å². The molecule has 2 heterocycles. The lowest BCUT2D eigenvalue weighted by Gasteiger charge is -2.60. The smallest absolute Gasteiger partial charge is 0.171 e. The number of hydrogen-bond acceptors (Lipinski definition) is 4. The molecule has 1 unspecified atom stereocenters. The zero-order valence-electron chi connectivity index (χ0n) is 19.9. The van der Waals surface area contributed by atoms with Crippen molar-refractivity contribution in [2.75, 3.05) is 6.61 Å². The molecule has 174 valence electrons. The molecule has 4 aliphatic carbocycles. The van der Waals surface area contributed by atoms with E-state index in [0.29, 0.717) is 41.3 Å². The third-order valence-corrected chi connectivity index (χ3v) is 11.8. The Balaban J connectivity index is 1.30. The first-order valence-electron chi connectivity index (χ1n) is 13.2. The molecular weight excluding hydrogens is 388 g/mol. The van der Waals surface area contributed by atoms with Gasteiger partial charge in [0.25, 0.3) is 0 Å². The summed E-state index contributed by atoms with van der Waals surface area (Å²) in [6, 6.07) is 0. The summed E-state index contributed by atoms with van der Waals surface area (Å²) in [5.74, 6) is 3.45. The van der Waals surface area contributed by atoms with Gasteiger partial charge in [0.05, 0.1) is 18.8 Å². The summed E-state index contributed by atoms with van der Waals surface area (Å²) in [5, 5.41) is 10.3. The number of fused-ring (bicyclic) bond motifs is 7. The lowest BCUT2D eigenvalue weighted by Crippen LogP contribution is -2.58. The Morgan fingerprint density at radius 2 is 1.81 bits per heavy atom. The van der Waals surface area contributed by atoms with E-state index in [0.717, 1.165) is 51.6 Å². The molecule has 0 aromatic carbocycles. The fourth-order valence-corrected chi connectivity index (χ4v) is 9.93. The van der Waals surface area contributed by atoms with Gasteiger partial charge < -0.3 is 14.6 Å². The molecule has 4 saturated carbocycles. The average molecular weight is 431 g/mol. The van der Waals surface area contributed by atoms with Crippen LogP contribution in [0.4, 0.5) is 0 Å². The molecule has 0 aromatic heterocycles. The Labute approximate surface area is 187 Å². The standard InChI is InChI=1S/C27H42O4/c1-15-7-10-27(30-14-15)16(2)24-22(31-27)12-21-19-6-5-17-11-18(28)8-9-25(17,3)20(19)13-23(29)26(21,24)4/h15-22,24,28H,5-14H2,1-4H3/t15-,16+,17?,18+,19-,20+,21+,22+,24+,25+,26-,27-/m1/s1. The second-order valence-electron chi connectivity index (χ2n) is 13.0. The van der Waals surface area contributed by atoms with Crippen molar-refractivity contribution in [3.05, 3.63) is 0 Å². The lowest BCUT2D eigenvalue weighted by atomic mass is 9.44. The van der Waals surface area contributed by atoms with Crippen molar-refractivity contribution in [2.45, 2.75) is 103 Å². The highest BCUT2D eigenvalue weighted by molar-refractivity contribution is 5.87. The first-order chi connectivity index (χ1) is 14.7. The number of aliphatic hydroxyl groups is 1. The Morgan fingerprint density at radius 1 is 1.00 bits per heavy atom. The van der Waals surface area contributed by atoms with Gasteiger partial charge in [-0.05, 0) is 80.0 Å². The number of carbonyl (C=O) groups is 1. The van der Waals surface area contributed by atoms with Crippen molar-refractivity contribution >= 4 is 5.78 Å². The second-order valence-corrected chi connectivity index (χ2v) is 13.0. The van der Waals surface area contributed by atoms with Gasteiger partial charge in [0, 0.05) is 30.1 Å². The maximum atomic E-state index is 14.0. The van der Waals surface area contributed by atoms with E-state index < -0.39 is 5.79 Å². The molecule has 2 aliphatic heterocycles. The Morgan fingerprint density at radius 3 is 2.55 bits per heavy atom. The van der Waals surface area contributed by atoms with E-state index in [1.807, 2.05) is 0 Å². The number of aliphatic hydroxyl groups excluding tert-OH is 1. The Hall–Kier alpha value is -0.450. The van der Waals surface area contributed by atoms with Crippen molar-refractivity contribution in [2.24, 2.45) is 52.3 Å². The van der Waals surface area contributed by atoms with Crippen LogP contribution in [0.15, 0.2) is 0 Å². The minimum absolute atomic E-state index is 0.131. The van der Waals surface area contributed by atoms with Gasteiger partial charge in [-0.25, -0.2) is 0 Å². The molecule has 4 heteroatoms. The van der Waals surface area contributed by atoms with Gasteiger partial charge in [0.15, 0.2) is 5.79 Å². The number of hydrogen-bond donors (Lipinski definition) is 1. The molecule has 12 atom stereocenters. The van der Waals surface area contributed by atoms with E-state index in [2.05, 4.69) is 27.7 Å². The third-order valence-electron chi connectivity index (χ3n) is 11.8. The fraction of sp³-hybridized carbons (Fsp3) is 0.963. The molecular formula is C27H42O4. The normalized spacial score (nSPS) is 60.9. The SMILES string of the molecule is C[C@@H]1CC[C@@]2(OC1)O[C@H]1C[C@H]3[C@@H]4CCC5C[C@@H](O)CC[C@]5(C)[C@H]4CC(=O)[C@]3(C)[C@H]1[C@@H]2C. The van der Waals surface area contributed by atoms with E-state index in [1.165, 1.54) is 12.8 Å². The molecule has 0 amide bonds. The molecule has 1 N–H and O–H groups in total. The third kappa shape index (κ3) is 2.68. The monoisotopic (exact) mass is 430 g/mol. The summed E-state index contributed by atoms with van der Waals surface area (Å²) < 4.78 is 13.2. The molecule has 0 aromatic rings. The van der Waals surface area contributed by atoms with Gasteiger partial charge in [-0.3, -0.25) is 4.79 Å². The maximum Gasteiger partial charge on any atom is 0.171 e. The molecule has 0 radical (unpaired) electrons. The Bertz CT molecular complexity index is 756. The van der Waals surface area contributed by atoms with Crippen LogP contribution in [0.1, 0.15) is 85.5 Å². The fourth-order valence-electron chi connectivity index (χ4n) is 9.93. The van der Waals surface area contributed by atoms with Gasteiger partial charge in [-0.1, -0.05) is 27.7 Å². The molecule has 31 heavy (non-hydrogen) atoms. The van der Waals surface area contributed by atoms with Crippen LogP contribution in [0.5, 0.6) is 0 Å². The summed E-state index contributed by atoms with van der Waals surface area (Å²) in [5.41, 5.74) is -0.0221. The predicted octanol–water partition coefficient (Wildman–Crippen LogP) is 4.97. The second kappa shape index (κ2) is 6.79. The zero-order valence-corrected chi connectivity index (χ0v) is 19.9. The molecule has 1 spiro atoms. The minimum atomic E-state index is -0.448.